The zero-order chi connectivity index (χ0) is 20.1. The summed E-state index contributed by atoms with van der Waals surface area (Å²) >= 11 is 0. The molecular weight excluding hydrogens is 369 g/mol. The van der Waals surface area contributed by atoms with Gasteiger partial charge in [0.25, 0.3) is 0 Å². The largest absolute Gasteiger partial charge is 0.491 e. The van der Waals surface area contributed by atoms with Gasteiger partial charge >= 0.3 is 6.18 Å². The first kappa shape index (κ1) is 19.7. The Bertz CT molecular complexity index is 773. The maximum atomic E-state index is 13.7. The Hall–Kier alpha value is -1.56. The number of hydrogen-bond donors (Lipinski definition) is 0. The minimum atomic E-state index is -4.46. The minimum Gasteiger partial charge on any atom is -0.491 e. The summed E-state index contributed by atoms with van der Waals surface area (Å²) in [6.07, 6.45) is 0.302. The van der Waals surface area contributed by atoms with E-state index in [1.807, 2.05) is 0 Å². The molecule has 0 radical (unpaired) electrons. The number of ketones is 1. The molecule has 0 aliphatic heterocycles. The molecule has 0 unspecified atom stereocenters. The summed E-state index contributed by atoms with van der Waals surface area (Å²) in [7, 11) is 1.49. The molecule has 0 spiro atoms. The zero-order valence-electron chi connectivity index (χ0n) is 16.4. The first-order valence-electron chi connectivity index (χ1n) is 10.1. The molecule has 4 rings (SSSR count). The maximum Gasteiger partial charge on any atom is 0.419 e. The van der Waals surface area contributed by atoms with Crippen LogP contribution in [0.3, 0.4) is 0 Å². The van der Waals surface area contributed by atoms with Crippen LogP contribution < -0.4 is 4.74 Å². The molecule has 0 bridgehead atoms. The topological polar surface area (TPSA) is 35.5 Å². The van der Waals surface area contributed by atoms with Crippen molar-refractivity contribution in [2.24, 2.45) is 17.3 Å². The van der Waals surface area contributed by atoms with Gasteiger partial charge in [-0.3, -0.25) is 4.79 Å². The van der Waals surface area contributed by atoms with Crippen LogP contribution in [0.2, 0.25) is 0 Å². The van der Waals surface area contributed by atoms with Gasteiger partial charge in [0.2, 0.25) is 0 Å². The Labute approximate surface area is 163 Å². The number of benzene rings is 1. The van der Waals surface area contributed by atoms with Crippen molar-refractivity contribution in [2.75, 3.05) is 20.3 Å². The second kappa shape index (κ2) is 7.05. The summed E-state index contributed by atoms with van der Waals surface area (Å²) in [6.45, 7) is 2.41. The van der Waals surface area contributed by atoms with E-state index in [1.54, 1.807) is 6.07 Å². The van der Waals surface area contributed by atoms with Gasteiger partial charge in [0, 0.05) is 18.9 Å². The molecule has 3 aliphatic rings. The Kier molecular flexibility index (Phi) is 4.97. The maximum absolute atomic E-state index is 13.7. The fourth-order valence-electron chi connectivity index (χ4n) is 5.95. The first-order chi connectivity index (χ1) is 13.3. The molecule has 0 saturated heterocycles. The zero-order valence-corrected chi connectivity index (χ0v) is 16.4. The van der Waals surface area contributed by atoms with Crippen molar-refractivity contribution in [1.29, 1.82) is 0 Å². The molecule has 28 heavy (non-hydrogen) atoms. The number of aryl methyl sites for hydroxylation is 1. The minimum absolute atomic E-state index is 0.0902. The van der Waals surface area contributed by atoms with E-state index in [0.717, 1.165) is 43.2 Å². The number of Topliss-reactive ketones (excluding diaryl/α,β-unsaturated/α-hetero) is 1. The molecular formula is C22H27F3O3. The van der Waals surface area contributed by atoms with Gasteiger partial charge in [-0.25, -0.2) is 0 Å². The monoisotopic (exact) mass is 396 g/mol. The fraction of sp³-hybridized carbons (Fsp3) is 0.682. The second-order valence-electron chi connectivity index (χ2n) is 8.72. The number of rotatable bonds is 4. The number of halogens is 3. The lowest BCUT2D eigenvalue weighted by molar-refractivity contribution is -0.139. The Morgan fingerprint density at radius 1 is 1.14 bits per heavy atom. The highest BCUT2D eigenvalue weighted by atomic mass is 19.4. The Morgan fingerprint density at radius 3 is 2.64 bits per heavy atom. The second-order valence-corrected chi connectivity index (χ2v) is 8.72. The van der Waals surface area contributed by atoms with Crippen molar-refractivity contribution in [3.8, 4) is 5.75 Å². The number of methoxy groups -OCH3 is 1. The van der Waals surface area contributed by atoms with Gasteiger partial charge < -0.3 is 9.47 Å². The summed E-state index contributed by atoms with van der Waals surface area (Å²) < 4.78 is 51.5. The predicted molar refractivity (Wildman–Crippen MR) is 98.4 cm³/mol. The van der Waals surface area contributed by atoms with Gasteiger partial charge in [-0.15, -0.1) is 0 Å². The van der Waals surface area contributed by atoms with E-state index in [-0.39, 0.29) is 30.3 Å². The average Bonchev–Trinajstić information content (AvgIpc) is 2.95. The standard InChI is InChI=1S/C22H27F3O3/c1-21-8-7-14-15(17(21)5-6-20(21)26)4-3-13-11-19(28-10-9-27-2)18(12-16(13)14)22(23,24)25/h11-12,14-15,17H,3-10H2,1-2H3/t14-,15+,17-,21-/m0/s1. The number of fused-ring (bicyclic) bond motifs is 5. The summed E-state index contributed by atoms with van der Waals surface area (Å²) in [5.74, 6) is 0.970. The van der Waals surface area contributed by atoms with Gasteiger partial charge in [0.1, 0.15) is 18.1 Å². The molecule has 154 valence electrons. The lowest BCUT2D eigenvalue weighted by atomic mass is 9.55. The lowest BCUT2D eigenvalue weighted by Gasteiger charge is -2.48. The molecule has 6 heteroatoms. The van der Waals surface area contributed by atoms with Crippen molar-refractivity contribution in [3.63, 3.8) is 0 Å². The highest BCUT2D eigenvalue weighted by Gasteiger charge is 2.54. The van der Waals surface area contributed by atoms with Gasteiger partial charge in [0.15, 0.2) is 0 Å². The van der Waals surface area contributed by atoms with Crippen molar-refractivity contribution in [1.82, 2.24) is 0 Å². The van der Waals surface area contributed by atoms with Crippen LogP contribution in [-0.4, -0.2) is 26.1 Å². The smallest absolute Gasteiger partial charge is 0.419 e. The molecule has 0 heterocycles. The van der Waals surface area contributed by atoms with Crippen LogP contribution in [-0.2, 0) is 22.1 Å². The summed E-state index contributed by atoms with van der Waals surface area (Å²) in [5.41, 5.74) is 0.826. The third-order valence-corrected chi connectivity index (χ3v) is 7.38. The van der Waals surface area contributed by atoms with E-state index in [9.17, 15) is 18.0 Å². The van der Waals surface area contributed by atoms with E-state index in [2.05, 4.69) is 6.92 Å². The van der Waals surface area contributed by atoms with E-state index < -0.39 is 11.7 Å². The van der Waals surface area contributed by atoms with E-state index in [0.29, 0.717) is 24.0 Å². The summed E-state index contributed by atoms with van der Waals surface area (Å²) in [5, 5.41) is 0. The van der Waals surface area contributed by atoms with Gasteiger partial charge in [-0.05, 0) is 73.1 Å². The lowest BCUT2D eigenvalue weighted by Crippen LogP contribution is -2.42. The molecule has 3 aliphatic carbocycles. The first-order valence-corrected chi connectivity index (χ1v) is 10.1. The third kappa shape index (κ3) is 3.14. The number of hydrogen-bond acceptors (Lipinski definition) is 3. The molecule has 2 saturated carbocycles. The van der Waals surface area contributed by atoms with Crippen LogP contribution in [0.5, 0.6) is 5.75 Å². The van der Waals surface area contributed by atoms with Crippen molar-refractivity contribution >= 4 is 5.78 Å². The molecule has 1 aromatic rings. The summed E-state index contributed by atoms with van der Waals surface area (Å²) in [4.78, 5) is 12.4. The number of alkyl halides is 3. The van der Waals surface area contributed by atoms with E-state index in [4.69, 9.17) is 9.47 Å². The van der Waals surface area contributed by atoms with Crippen LogP contribution in [0, 0.1) is 17.3 Å². The Balaban J connectivity index is 1.69. The highest BCUT2D eigenvalue weighted by molar-refractivity contribution is 5.87. The Morgan fingerprint density at radius 2 is 1.93 bits per heavy atom. The van der Waals surface area contributed by atoms with Crippen LogP contribution in [0.4, 0.5) is 13.2 Å². The van der Waals surface area contributed by atoms with Crippen molar-refractivity contribution in [3.05, 3.63) is 28.8 Å². The third-order valence-electron chi connectivity index (χ3n) is 7.38. The van der Waals surface area contributed by atoms with Crippen LogP contribution in [0.25, 0.3) is 0 Å². The highest BCUT2D eigenvalue weighted by Crippen LogP contribution is 2.60. The van der Waals surface area contributed by atoms with Gasteiger partial charge in [0.05, 0.1) is 12.2 Å². The van der Waals surface area contributed by atoms with Crippen molar-refractivity contribution < 1.29 is 27.4 Å². The normalized spacial score (nSPS) is 31.9. The van der Waals surface area contributed by atoms with Gasteiger partial charge in [-0.2, -0.15) is 13.2 Å². The predicted octanol–water partition coefficient (Wildman–Crippen LogP) is 5.16. The van der Waals surface area contributed by atoms with E-state index >= 15 is 0 Å². The molecule has 0 amide bonds. The van der Waals surface area contributed by atoms with E-state index in [1.165, 1.54) is 13.2 Å². The average molecular weight is 396 g/mol. The summed E-state index contributed by atoms with van der Waals surface area (Å²) in [6, 6.07) is 2.92. The molecule has 0 N–H and O–H groups in total. The molecule has 1 aromatic carbocycles. The SMILES string of the molecule is COCCOc1cc2c(cc1C(F)(F)F)[C@H]1CC[C@]3(C)C(=O)CC[C@H]3[C@@H]1CC2. The number of carbonyl (C=O) groups is 1. The molecule has 2 fully saturated rings. The van der Waals surface area contributed by atoms with Crippen LogP contribution >= 0.6 is 0 Å². The van der Waals surface area contributed by atoms with Crippen LogP contribution in [0.1, 0.15) is 61.6 Å². The number of ether oxygens (including phenoxy) is 2. The molecule has 4 atom stereocenters. The fourth-order valence-corrected chi connectivity index (χ4v) is 5.95. The van der Waals surface area contributed by atoms with Crippen LogP contribution in [0.15, 0.2) is 12.1 Å². The van der Waals surface area contributed by atoms with Gasteiger partial charge in [-0.1, -0.05) is 6.92 Å². The molecule has 3 nitrogen and oxygen atoms in total. The number of carbonyl (C=O) groups excluding carboxylic acids is 1. The molecule has 0 aromatic heterocycles. The quantitative estimate of drug-likeness (QED) is 0.660. The van der Waals surface area contributed by atoms with Crippen molar-refractivity contribution in [2.45, 2.75) is 57.5 Å².